The molecule has 3 heterocycles. The van der Waals surface area contributed by atoms with E-state index in [2.05, 4.69) is 87.5 Å². The molecule has 166 valence electrons. The maximum Gasteiger partial charge on any atom is 0.205 e. The number of hydrogen-bond acceptors (Lipinski definition) is 5. The molecule has 0 amide bonds. The highest BCUT2D eigenvalue weighted by Crippen LogP contribution is 2.31. The fourth-order valence-electron chi connectivity index (χ4n) is 4.08. The SMILES string of the molecule is CCCc1cn2c(COCc3ccc(-c4ccccc4)c(-c4nn[nH]n4)c3)ccc(C)c2n1. The van der Waals surface area contributed by atoms with Crippen LogP contribution in [0.2, 0.25) is 0 Å². The van der Waals surface area contributed by atoms with Crippen LogP contribution < -0.4 is 0 Å². The molecule has 0 aliphatic heterocycles. The molecule has 5 rings (SSSR count). The number of H-pyrrole nitrogens is 1. The summed E-state index contributed by atoms with van der Waals surface area (Å²) in [5.41, 5.74) is 8.52. The van der Waals surface area contributed by atoms with Crippen molar-refractivity contribution in [2.24, 2.45) is 0 Å². The number of pyridine rings is 1. The number of ether oxygens (including phenoxy) is 1. The third-order valence-corrected chi connectivity index (χ3v) is 5.72. The lowest BCUT2D eigenvalue weighted by Gasteiger charge is -2.11. The molecule has 0 radical (unpaired) electrons. The van der Waals surface area contributed by atoms with Crippen LogP contribution in [-0.4, -0.2) is 30.0 Å². The number of aryl methyl sites for hydroxylation is 2. The van der Waals surface area contributed by atoms with Gasteiger partial charge in [0.1, 0.15) is 5.65 Å². The number of imidazole rings is 1. The quantitative estimate of drug-likeness (QED) is 0.362. The second kappa shape index (κ2) is 9.34. The Hall–Kier alpha value is -3.84. The number of rotatable bonds is 8. The summed E-state index contributed by atoms with van der Waals surface area (Å²) in [4.78, 5) is 4.79. The third kappa shape index (κ3) is 4.40. The van der Waals surface area contributed by atoms with Gasteiger partial charge in [-0.25, -0.2) is 4.98 Å². The third-order valence-electron chi connectivity index (χ3n) is 5.72. The Balaban J connectivity index is 1.38. The van der Waals surface area contributed by atoms with E-state index in [1.165, 1.54) is 5.56 Å². The zero-order chi connectivity index (χ0) is 22.6. The minimum absolute atomic E-state index is 0.478. The fourth-order valence-corrected chi connectivity index (χ4v) is 4.08. The number of nitrogens with one attached hydrogen (secondary N) is 1. The Labute approximate surface area is 192 Å². The average Bonchev–Trinajstić information content (AvgIpc) is 3.52. The van der Waals surface area contributed by atoms with Crippen molar-refractivity contribution in [3.8, 4) is 22.5 Å². The smallest absolute Gasteiger partial charge is 0.205 e. The molecule has 7 heteroatoms. The number of aromatic amines is 1. The maximum absolute atomic E-state index is 6.13. The lowest BCUT2D eigenvalue weighted by Crippen LogP contribution is -2.01. The Bertz CT molecular complexity index is 1360. The van der Waals surface area contributed by atoms with Crippen LogP contribution in [0.4, 0.5) is 0 Å². The number of hydrogen-bond donors (Lipinski definition) is 1. The first-order valence-corrected chi connectivity index (χ1v) is 11.2. The first-order valence-electron chi connectivity index (χ1n) is 11.2. The molecule has 0 saturated heterocycles. The van der Waals surface area contributed by atoms with Crippen LogP contribution in [0.1, 0.15) is 35.9 Å². The molecule has 0 unspecified atom stereocenters. The maximum atomic E-state index is 6.13. The molecule has 3 aromatic heterocycles. The molecule has 5 aromatic rings. The number of fused-ring (bicyclic) bond motifs is 1. The van der Waals surface area contributed by atoms with Crippen molar-refractivity contribution in [2.75, 3.05) is 0 Å². The molecule has 7 nitrogen and oxygen atoms in total. The van der Waals surface area contributed by atoms with Gasteiger partial charge >= 0.3 is 0 Å². The van der Waals surface area contributed by atoms with E-state index in [1.807, 2.05) is 18.2 Å². The van der Waals surface area contributed by atoms with Crippen molar-refractivity contribution in [2.45, 2.75) is 39.9 Å². The van der Waals surface area contributed by atoms with Crippen molar-refractivity contribution in [3.05, 3.63) is 89.4 Å². The summed E-state index contributed by atoms with van der Waals surface area (Å²) in [6, 6.07) is 20.7. The van der Waals surface area contributed by atoms with Crippen LogP contribution in [-0.2, 0) is 24.4 Å². The topological polar surface area (TPSA) is 81.0 Å². The van der Waals surface area contributed by atoms with E-state index < -0.39 is 0 Å². The summed E-state index contributed by atoms with van der Waals surface area (Å²) >= 11 is 0. The van der Waals surface area contributed by atoms with Gasteiger partial charge in [-0.1, -0.05) is 61.9 Å². The van der Waals surface area contributed by atoms with Crippen molar-refractivity contribution in [3.63, 3.8) is 0 Å². The Morgan fingerprint density at radius 2 is 1.85 bits per heavy atom. The molecule has 0 atom stereocenters. The average molecular weight is 439 g/mol. The number of nitrogens with zero attached hydrogens (tertiary/aromatic N) is 5. The van der Waals surface area contributed by atoms with Crippen molar-refractivity contribution in [1.82, 2.24) is 30.0 Å². The van der Waals surface area contributed by atoms with E-state index in [4.69, 9.17) is 9.72 Å². The zero-order valence-corrected chi connectivity index (χ0v) is 18.8. The van der Waals surface area contributed by atoms with Gasteiger partial charge in [0.25, 0.3) is 0 Å². The van der Waals surface area contributed by atoms with Gasteiger partial charge in [-0.05, 0) is 52.9 Å². The minimum atomic E-state index is 0.478. The van der Waals surface area contributed by atoms with E-state index in [0.717, 1.165) is 52.1 Å². The van der Waals surface area contributed by atoms with E-state index in [1.54, 1.807) is 0 Å². The molecular weight excluding hydrogens is 412 g/mol. The van der Waals surface area contributed by atoms with Gasteiger partial charge in [0.05, 0.1) is 18.9 Å². The minimum Gasteiger partial charge on any atom is -0.371 e. The first kappa shape index (κ1) is 21.0. The molecular formula is C26H26N6O. The van der Waals surface area contributed by atoms with Crippen LogP contribution in [0.3, 0.4) is 0 Å². The first-order chi connectivity index (χ1) is 16.2. The Morgan fingerprint density at radius 3 is 2.64 bits per heavy atom. The number of aromatic nitrogens is 6. The van der Waals surface area contributed by atoms with Gasteiger partial charge in [-0.2, -0.15) is 5.21 Å². The molecule has 0 aliphatic rings. The predicted molar refractivity (Wildman–Crippen MR) is 127 cm³/mol. The van der Waals surface area contributed by atoms with E-state index in [-0.39, 0.29) is 0 Å². The molecule has 2 aromatic carbocycles. The highest BCUT2D eigenvalue weighted by atomic mass is 16.5. The van der Waals surface area contributed by atoms with Crippen molar-refractivity contribution < 1.29 is 4.74 Å². The highest BCUT2D eigenvalue weighted by molar-refractivity contribution is 5.80. The van der Waals surface area contributed by atoms with E-state index in [9.17, 15) is 0 Å². The number of benzene rings is 2. The molecule has 0 saturated carbocycles. The Kier molecular flexibility index (Phi) is 5.95. The molecule has 1 N–H and O–H groups in total. The van der Waals surface area contributed by atoms with Gasteiger partial charge in [0.15, 0.2) is 0 Å². The summed E-state index contributed by atoms with van der Waals surface area (Å²) in [5, 5.41) is 14.7. The van der Waals surface area contributed by atoms with Crippen LogP contribution >= 0.6 is 0 Å². The van der Waals surface area contributed by atoms with Gasteiger partial charge in [-0.15, -0.1) is 10.2 Å². The molecule has 0 fully saturated rings. The second-order valence-corrected chi connectivity index (χ2v) is 8.16. The van der Waals surface area contributed by atoms with Crippen molar-refractivity contribution in [1.29, 1.82) is 0 Å². The van der Waals surface area contributed by atoms with Crippen LogP contribution in [0.5, 0.6) is 0 Å². The summed E-state index contributed by atoms with van der Waals surface area (Å²) in [5.74, 6) is 0.567. The molecule has 33 heavy (non-hydrogen) atoms. The van der Waals surface area contributed by atoms with Crippen LogP contribution in [0, 0.1) is 6.92 Å². The van der Waals surface area contributed by atoms with Gasteiger partial charge in [-0.3, -0.25) is 0 Å². The fraction of sp³-hybridized carbons (Fsp3) is 0.231. The predicted octanol–water partition coefficient (Wildman–Crippen LogP) is 5.16. The summed E-state index contributed by atoms with van der Waals surface area (Å²) in [6.45, 7) is 5.24. The molecule has 0 spiro atoms. The zero-order valence-electron chi connectivity index (χ0n) is 18.8. The van der Waals surface area contributed by atoms with Gasteiger partial charge in [0.2, 0.25) is 5.82 Å². The standard InChI is InChI=1S/C26H26N6O/c1-3-7-21-15-32-22(12-10-18(2)26(32)27-21)17-33-16-19-11-13-23(20-8-5-4-6-9-20)24(14-19)25-28-30-31-29-25/h4-6,8-15H,3,7,16-17H2,1-2H3,(H,28,29,30,31). The normalized spacial score (nSPS) is 11.3. The van der Waals surface area contributed by atoms with Gasteiger partial charge in [0, 0.05) is 17.5 Å². The monoisotopic (exact) mass is 438 g/mol. The van der Waals surface area contributed by atoms with Gasteiger partial charge < -0.3 is 9.14 Å². The molecule has 0 bridgehead atoms. The second-order valence-electron chi connectivity index (χ2n) is 8.16. The van der Waals surface area contributed by atoms with Crippen molar-refractivity contribution >= 4 is 5.65 Å². The van der Waals surface area contributed by atoms with Crippen LogP contribution in [0.25, 0.3) is 28.2 Å². The number of tetrazole rings is 1. The largest absolute Gasteiger partial charge is 0.371 e. The Morgan fingerprint density at radius 1 is 0.970 bits per heavy atom. The summed E-state index contributed by atoms with van der Waals surface area (Å²) < 4.78 is 8.28. The van der Waals surface area contributed by atoms with E-state index >= 15 is 0 Å². The lowest BCUT2D eigenvalue weighted by atomic mass is 9.97. The molecule has 0 aliphatic carbocycles. The lowest BCUT2D eigenvalue weighted by molar-refractivity contribution is 0.104. The highest BCUT2D eigenvalue weighted by Gasteiger charge is 2.13. The summed E-state index contributed by atoms with van der Waals surface area (Å²) in [7, 11) is 0. The van der Waals surface area contributed by atoms with Crippen LogP contribution in [0.15, 0.2) is 66.9 Å². The summed E-state index contributed by atoms with van der Waals surface area (Å²) in [6.07, 6.45) is 4.19. The van der Waals surface area contributed by atoms with E-state index in [0.29, 0.717) is 19.0 Å².